The van der Waals surface area contributed by atoms with Gasteiger partial charge in [-0.3, -0.25) is 4.79 Å². The van der Waals surface area contributed by atoms with E-state index in [1.807, 2.05) is 6.92 Å². The Morgan fingerprint density at radius 1 is 1.50 bits per heavy atom. The topological polar surface area (TPSA) is 49.8 Å². The van der Waals surface area contributed by atoms with Gasteiger partial charge in [0.25, 0.3) is 5.91 Å². The lowest BCUT2D eigenvalue weighted by Gasteiger charge is -2.28. The highest BCUT2D eigenvalue weighted by atomic mass is 19.1. The number of hydrogen-bond donors (Lipinski definition) is 1. The number of aliphatic hydroxyl groups excluding tert-OH is 1. The zero-order valence-electron chi connectivity index (χ0n) is 11.8. The Balaban J connectivity index is 2.00. The number of benzene rings is 1. The molecular weight excluding hydrogens is 261 g/mol. The molecule has 1 amide bonds. The molecule has 5 heteroatoms. The summed E-state index contributed by atoms with van der Waals surface area (Å²) in [5.41, 5.74) is 0. The molecule has 3 atom stereocenters. The van der Waals surface area contributed by atoms with Crippen LogP contribution in [0.3, 0.4) is 0 Å². The second-order valence-corrected chi connectivity index (χ2v) is 5.26. The zero-order chi connectivity index (χ0) is 14.7. The molecule has 1 aromatic rings. The SMILES string of the molecule is CC(Oc1ccc(F)cc1)C(=O)N1CCC(C)C1CO. The lowest BCUT2D eigenvalue weighted by Crippen LogP contribution is -2.45. The van der Waals surface area contributed by atoms with Gasteiger partial charge in [0, 0.05) is 6.54 Å². The standard InChI is InChI=1S/C15H20FNO3/c1-10-7-8-17(14(10)9-18)15(19)11(2)20-13-5-3-12(16)4-6-13/h3-6,10-11,14,18H,7-9H2,1-2H3. The van der Waals surface area contributed by atoms with Gasteiger partial charge in [-0.1, -0.05) is 6.92 Å². The summed E-state index contributed by atoms with van der Waals surface area (Å²) in [6.45, 7) is 4.31. The number of halogens is 1. The van der Waals surface area contributed by atoms with Gasteiger partial charge in [-0.2, -0.15) is 0 Å². The number of nitrogens with zero attached hydrogens (tertiary/aromatic N) is 1. The molecule has 1 N–H and O–H groups in total. The molecule has 2 rings (SSSR count). The van der Waals surface area contributed by atoms with Crippen molar-refractivity contribution in [1.29, 1.82) is 0 Å². The molecule has 4 nitrogen and oxygen atoms in total. The molecule has 0 radical (unpaired) electrons. The van der Waals surface area contributed by atoms with Crippen LogP contribution in [0.5, 0.6) is 5.75 Å². The first-order chi connectivity index (χ1) is 9.52. The van der Waals surface area contributed by atoms with E-state index in [-0.39, 0.29) is 24.4 Å². The molecule has 1 aromatic carbocycles. The van der Waals surface area contributed by atoms with Gasteiger partial charge in [-0.25, -0.2) is 4.39 Å². The van der Waals surface area contributed by atoms with Crippen molar-refractivity contribution in [3.63, 3.8) is 0 Å². The number of hydrogen-bond acceptors (Lipinski definition) is 3. The first-order valence-electron chi connectivity index (χ1n) is 6.86. The Hall–Kier alpha value is -1.62. The van der Waals surface area contributed by atoms with E-state index in [2.05, 4.69) is 0 Å². The monoisotopic (exact) mass is 281 g/mol. The van der Waals surface area contributed by atoms with E-state index in [9.17, 15) is 14.3 Å². The van der Waals surface area contributed by atoms with E-state index in [1.165, 1.54) is 24.3 Å². The highest BCUT2D eigenvalue weighted by molar-refractivity contribution is 5.81. The maximum Gasteiger partial charge on any atom is 0.263 e. The van der Waals surface area contributed by atoms with Crippen LogP contribution in [-0.2, 0) is 4.79 Å². The summed E-state index contributed by atoms with van der Waals surface area (Å²) in [6.07, 6.45) is 0.236. The van der Waals surface area contributed by atoms with E-state index >= 15 is 0 Å². The molecule has 0 aliphatic carbocycles. The third kappa shape index (κ3) is 3.10. The van der Waals surface area contributed by atoms with E-state index in [0.29, 0.717) is 18.2 Å². The lowest BCUT2D eigenvalue weighted by atomic mass is 10.0. The summed E-state index contributed by atoms with van der Waals surface area (Å²) in [7, 11) is 0. The van der Waals surface area contributed by atoms with Gasteiger partial charge in [0.2, 0.25) is 0 Å². The van der Waals surface area contributed by atoms with Crippen molar-refractivity contribution in [1.82, 2.24) is 4.90 Å². The Morgan fingerprint density at radius 3 is 2.75 bits per heavy atom. The molecule has 0 spiro atoms. The van der Waals surface area contributed by atoms with E-state index < -0.39 is 6.10 Å². The average molecular weight is 281 g/mol. The van der Waals surface area contributed by atoms with Gasteiger partial charge in [0.15, 0.2) is 6.10 Å². The van der Waals surface area contributed by atoms with Gasteiger partial charge in [0.05, 0.1) is 12.6 Å². The maximum atomic E-state index is 12.8. The number of ether oxygens (including phenoxy) is 1. The fourth-order valence-electron chi connectivity index (χ4n) is 2.56. The normalized spacial score (nSPS) is 23.7. The highest BCUT2D eigenvalue weighted by Crippen LogP contribution is 2.25. The molecule has 1 heterocycles. The van der Waals surface area contributed by atoms with Crippen LogP contribution in [-0.4, -0.2) is 41.2 Å². The van der Waals surface area contributed by atoms with E-state index in [0.717, 1.165) is 6.42 Å². The number of likely N-dealkylation sites (tertiary alicyclic amines) is 1. The molecular formula is C15H20FNO3. The van der Waals surface area contributed by atoms with Crippen molar-refractivity contribution in [2.75, 3.05) is 13.2 Å². The summed E-state index contributed by atoms with van der Waals surface area (Å²) in [5.74, 6) is 0.268. The van der Waals surface area contributed by atoms with Crippen molar-refractivity contribution in [2.45, 2.75) is 32.4 Å². The predicted octanol–water partition coefficient (Wildman–Crippen LogP) is 1.82. The molecule has 1 aliphatic rings. The molecule has 3 unspecified atom stereocenters. The van der Waals surface area contributed by atoms with Crippen LogP contribution in [0.25, 0.3) is 0 Å². The highest BCUT2D eigenvalue weighted by Gasteiger charge is 2.36. The van der Waals surface area contributed by atoms with Crippen LogP contribution in [0.15, 0.2) is 24.3 Å². The summed E-state index contributed by atoms with van der Waals surface area (Å²) in [6, 6.07) is 5.44. The third-order valence-corrected chi connectivity index (χ3v) is 3.83. The second kappa shape index (κ2) is 6.22. The molecule has 1 fully saturated rings. The Kier molecular flexibility index (Phi) is 4.60. The largest absolute Gasteiger partial charge is 0.481 e. The molecule has 1 aliphatic heterocycles. The van der Waals surface area contributed by atoms with Crippen molar-refractivity contribution in [3.8, 4) is 5.75 Å². The number of rotatable bonds is 4. The summed E-state index contributed by atoms with van der Waals surface area (Å²) < 4.78 is 18.3. The minimum absolute atomic E-state index is 0.0316. The first-order valence-corrected chi connectivity index (χ1v) is 6.86. The van der Waals surface area contributed by atoms with Crippen molar-refractivity contribution < 1.29 is 19.0 Å². The molecule has 20 heavy (non-hydrogen) atoms. The zero-order valence-corrected chi connectivity index (χ0v) is 11.8. The van der Waals surface area contributed by atoms with Crippen LogP contribution in [0, 0.1) is 11.7 Å². The van der Waals surface area contributed by atoms with E-state index in [4.69, 9.17) is 4.74 Å². The number of carbonyl (C=O) groups excluding carboxylic acids is 1. The summed E-state index contributed by atoms with van der Waals surface area (Å²) in [4.78, 5) is 14.0. The van der Waals surface area contributed by atoms with Crippen LogP contribution in [0.1, 0.15) is 20.3 Å². The van der Waals surface area contributed by atoms with Crippen molar-refractivity contribution in [3.05, 3.63) is 30.1 Å². The van der Waals surface area contributed by atoms with E-state index in [1.54, 1.807) is 11.8 Å². The number of amides is 1. The van der Waals surface area contributed by atoms with Crippen LogP contribution in [0.2, 0.25) is 0 Å². The predicted molar refractivity (Wildman–Crippen MR) is 72.9 cm³/mol. The molecule has 1 saturated heterocycles. The van der Waals surface area contributed by atoms with Gasteiger partial charge in [-0.05, 0) is 43.5 Å². The third-order valence-electron chi connectivity index (χ3n) is 3.83. The second-order valence-electron chi connectivity index (χ2n) is 5.26. The minimum Gasteiger partial charge on any atom is -0.481 e. The van der Waals surface area contributed by atoms with Crippen molar-refractivity contribution >= 4 is 5.91 Å². The Bertz CT molecular complexity index is 463. The smallest absolute Gasteiger partial charge is 0.263 e. The molecule has 110 valence electrons. The first kappa shape index (κ1) is 14.8. The molecule has 0 aromatic heterocycles. The minimum atomic E-state index is -0.653. The number of carbonyl (C=O) groups is 1. The summed E-state index contributed by atoms with van der Waals surface area (Å²) in [5, 5.41) is 9.38. The Morgan fingerprint density at radius 2 is 2.15 bits per heavy atom. The number of aliphatic hydroxyl groups is 1. The average Bonchev–Trinajstić information content (AvgIpc) is 2.81. The van der Waals surface area contributed by atoms with Gasteiger partial charge < -0.3 is 14.7 Å². The maximum absolute atomic E-state index is 12.8. The van der Waals surface area contributed by atoms with Crippen LogP contribution < -0.4 is 4.74 Å². The van der Waals surface area contributed by atoms with Gasteiger partial charge in [0.1, 0.15) is 11.6 Å². The molecule has 0 saturated carbocycles. The summed E-state index contributed by atoms with van der Waals surface area (Å²) >= 11 is 0. The van der Waals surface area contributed by atoms with Gasteiger partial charge in [-0.15, -0.1) is 0 Å². The Labute approximate surface area is 118 Å². The quantitative estimate of drug-likeness (QED) is 0.916. The van der Waals surface area contributed by atoms with Crippen molar-refractivity contribution in [2.24, 2.45) is 5.92 Å². The fourth-order valence-corrected chi connectivity index (χ4v) is 2.56. The molecule has 0 bridgehead atoms. The lowest BCUT2D eigenvalue weighted by molar-refractivity contribution is -0.139. The van der Waals surface area contributed by atoms with Crippen LogP contribution in [0.4, 0.5) is 4.39 Å². The fraction of sp³-hybridized carbons (Fsp3) is 0.533. The van der Waals surface area contributed by atoms with Crippen LogP contribution >= 0.6 is 0 Å². The van der Waals surface area contributed by atoms with Gasteiger partial charge >= 0.3 is 0 Å².